The van der Waals surface area contributed by atoms with Crippen LogP contribution in [0.15, 0.2) is 36.7 Å². The minimum absolute atomic E-state index is 0.0148. The van der Waals surface area contributed by atoms with Crippen molar-refractivity contribution >= 4 is 45.6 Å². The standard InChI is InChI=1S/C18H16Cl2FN3O2/c19-4-1-5-26-17-8-13-16(6-11(17)9-25)22-10-23-18(13)24-12-2-3-15(21)14(20)7-12/h2-3,6-8,10,25H,1,4-5,9H2,(H,22,23,24). The number of aliphatic hydroxyl groups excluding tert-OH is 1. The van der Waals surface area contributed by atoms with Gasteiger partial charge < -0.3 is 15.2 Å². The molecule has 0 bridgehead atoms. The first-order chi connectivity index (χ1) is 12.6. The molecule has 1 heterocycles. The average molecular weight is 396 g/mol. The molecular formula is C18H16Cl2FN3O2. The Morgan fingerprint density at radius 3 is 2.77 bits per heavy atom. The summed E-state index contributed by atoms with van der Waals surface area (Å²) < 4.78 is 19.1. The van der Waals surface area contributed by atoms with Gasteiger partial charge in [-0.2, -0.15) is 0 Å². The number of benzene rings is 2. The maximum Gasteiger partial charge on any atom is 0.141 e. The predicted octanol–water partition coefficient (Wildman–Crippen LogP) is 4.67. The third-order valence-electron chi connectivity index (χ3n) is 3.71. The van der Waals surface area contributed by atoms with Crippen LogP contribution in [0.3, 0.4) is 0 Å². The van der Waals surface area contributed by atoms with E-state index in [9.17, 15) is 9.50 Å². The summed E-state index contributed by atoms with van der Waals surface area (Å²) in [5, 5.41) is 13.4. The molecule has 0 aliphatic heterocycles. The molecule has 3 aromatic rings. The molecule has 0 radical (unpaired) electrons. The van der Waals surface area contributed by atoms with E-state index >= 15 is 0 Å². The highest BCUT2D eigenvalue weighted by atomic mass is 35.5. The van der Waals surface area contributed by atoms with E-state index in [0.717, 1.165) is 0 Å². The third-order valence-corrected chi connectivity index (χ3v) is 4.26. The zero-order chi connectivity index (χ0) is 18.5. The van der Waals surface area contributed by atoms with Crippen molar-refractivity contribution < 1.29 is 14.2 Å². The Hall–Kier alpha value is -2.15. The van der Waals surface area contributed by atoms with Crippen LogP contribution in [0.2, 0.25) is 5.02 Å². The van der Waals surface area contributed by atoms with Gasteiger partial charge in [0.1, 0.15) is 23.7 Å². The fraction of sp³-hybridized carbons (Fsp3) is 0.222. The van der Waals surface area contributed by atoms with Gasteiger partial charge in [-0.25, -0.2) is 14.4 Å². The first-order valence-electron chi connectivity index (χ1n) is 7.91. The topological polar surface area (TPSA) is 67.3 Å². The van der Waals surface area contributed by atoms with Gasteiger partial charge in [0.05, 0.1) is 23.8 Å². The normalized spacial score (nSPS) is 10.9. The number of rotatable bonds is 7. The number of aromatic nitrogens is 2. The summed E-state index contributed by atoms with van der Waals surface area (Å²) in [6.45, 7) is 0.262. The zero-order valence-electron chi connectivity index (χ0n) is 13.7. The summed E-state index contributed by atoms with van der Waals surface area (Å²) in [7, 11) is 0. The summed E-state index contributed by atoms with van der Waals surface area (Å²) in [6.07, 6.45) is 2.10. The van der Waals surface area contributed by atoms with Gasteiger partial charge in [-0.15, -0.1) is 11.6 Å². The lowest BCUT2D eigenvalue weighted by Crippen LogP contribution is -2.03. The van der Waals surface area contributed by atoms with Crippen LogP contribution in [0, 0.1) is 5.82 Å². The quantitative estimate of drug-likeness (QED) is 0.449. The number of hydrogen-bond donors (Lipinski definition) is 2. The number of fused-ring (bicyclic) bond motifs is 1. The minimum atomic E-state index is -0.493. The van der Waals surface area contributed by atoms with Crippen LogP contribution >= 0.6 is 23.2 Å². The van der Waals surface area contributed by atoms with E-state index in [4.69, 9.17) is 27.9 Å². The van der Waals surface area contributed by atoms with Gasteiger partial charge in [0, 0.05) is 22.5 Å². The molecule has 0 atom stereocenters. The fourth-order valence-electron chi connectivity index (χ4n) is 2.43. The summed E-state index contributed by atoms with van der Waals surface area (Å²) in [6, 6.07) is 7.83. The highest BCUT2D eigenvalue weighted by Crippen LogP contribution is 2.31. The van der Waals surface area contributed by atoms with Gasteiger partial charge in [-0.3, -0.25) is 0 Å². The summed E-state index contributed by atoms with van der Waals surface area (Å²) >= 11 is 11.5. The lowest BCUT2D eigenvalue weighted by atomic mass is 10.1. The summed E-state index contributed by atoms with van der Waals surface area (Å²) in [5.41, 5.74) is 1.86. The number of nitrogens with zero attached hydrogens (tertiary/aromatic N) is 2. The molecule has 2 N–H and O–H groups in total. The van der Waals surface area contributed by atoms with Crippen molar-refractivity contribution in [2.75, 3.05) is 17.8 Å². The lowest BCUT2D eigenvalue weighted by Gasteiger charge is -2.13. The largest absolute Gasteiger partial charge is 0.493 e. The van der Waals surface area contributed by atoms with Crippen molar-refractivity contribution in [2.45, 2.75) is 13.0 Å². The molecule has 0 saturated carbocycles. The Morgan fingerprint density at radius 2 is 2.04 bits per heavy atom. The maximum atomic E-state index is 13.3. The summed E-state index contributed by atoms with van der Waals surface area (Å²) in [4.78, 5) is 8.49. The molecular weight excluding hydrogens is 380 g/mol. The Labute approximate surface area is 159 Å². The van der Waals surface area contributed by atoms with Crippen molar-refractivity contribution in [2.24, 2.45) is 0 Å². The van der Waals surface area contributed by atoms with E-state index in [1.807, 2.05) is 0 Å². The van der Waals surface area contributed by atoms with E-state index in [-0.39, 0.29) is 11.6 Å². The van der Waals surface area contributed by atoms with Crippen molar-refractivity contribution in [3.63, 3.8) is 0 Å². The molecule has 136 valence electrons. The Morgan fingerprint density at radius 1 is 1.19 bits per heavy atom. The number of ether oxygens (including phenoxy) is 1. The van der Waals surface area contributed by atoms with Gasteiger partial charge in [0.15, 0.2) is 0 Å². The number of hydrogen-bond acceptors (Lipinski definition) is 5. The molecule has 2 aromatic carbocycles. The van der Waals surface area contributed by atoms with E-state index in [2.05, 4.69) is 15.3 Å². The van der Waals surface area contributed by atoms with Crippen LogP contribution in [0.25, 0.3) is 10.9 Å². The Kier molecular flexibility index (Phi) is 6.08. The number of nitrogens with one attached hydrogen (secondary N) is 1. The average Bonchev–Trinajstić information content (AvgIpc) is 2.65. The monoisotopic (exact) mass is 395 g/mol. The lowest BCUT2D eigenvalue weighted by molar-refractivity contribution is 0.263. The molecule has 3 rings (SSSR count). The van der Waals surface area contributed by atoms with Crippen molar-refractivity contribution in [3.8, 4) is 5.75 Å². The third kappa shape index (κ3) is 4.15. The van der Waals surface area contributed by atoms with Crippen LogP contribution in [-0.4, -0.2) is 27.6 Å². The first-order valence-corrected chi connectivity index (χ1v) is 8.83. The van der Waals surface area contributed by atoms with E-state index in [1.54, 1.807) is 18.2 Å². The molecule has 0 fully saturated rings. The van der Waals surface area contributed by atoms with Crippen LogP contribution in [0.5, 0.6) is 5.75 Å². The van der Waals surface area contributed by atoms with Crippen molar-refractivity contribution in [1.82, 2.24) is 9.97 Å². The smallest absolute Gasteiger partial charge is 0.141 e. The first kappa shape index (κ1) is 18.6. The molecule has 26 heavy (non-hydrogen) atoms. The number of halogens is 3. The highest BCUT2D eigenvalue weighted by Gasteiger charge is 2.11. The van der Waals surface area contributed by atoms with Gasteiger partial charge in [0.25, 0.3) is 0 Å². The highest BCUT2D eigenvalue weighted by molar-refractivity contribution is 6.31. The van der Waals surface area contributed by atoms with Crippen LogP contribution in [0.4, 0.5) is 15.9 Å². The molecule has 8 heteroatoms. The second-order valence-corrected chi connectivity index (χ2v) is 6.29. The van der Waals surface area contributed by atoms with Gasteiger partial charge in [-0.05, 0) is 36.8 Å². The molecule has 0 saturated heterocycles. The maximum absolute atomic E-state index is 13.3. The SMILES string of the molecule is OCc1cc2ncnc(Nc3ccc(F)c(Cl)c3)c2cc1OCCCCl. The molecule has 0 aliphatic carbocycles. The predicted molar refractivity (Wildman–Crippen MR) is 101 cm³/mol. The molecule has 1 aromatic heterocycles. The van der Waals surface area contributed by atoms with Crippen LogP contribution < -0.4 is 10.1 Å². The van der Waals surface area contributed by atoms with E-state index in [0.29, 0.717) is 52.6 Å². The van der Waals surface area contributed by atoms with E-state index in [1.165, 1.54) is 18.5 Å². The summed E-state index contributed by atoms with van der Waals surface area (Å²) in [5.74, 6) is 1.06. The number of alkyl halides is 1. The van der Waals surface area contributed by atoms with Gasteiger partial charge in [-0.1, -0.05) is 11.6 Å². The van der Waals surface area contributed by atoms with Crippen LogP contribution in [0.1, 0.15) is 12.0 Å². The number of anilines is 2. The van der Waals surface area contributed by atoms with Crippen molar-refractivity contribution in [1.29, 1.82) is 0 Å². The zero-order valence-corrected chi connectivity index (χ0v) is 15.2. The second-order valence-electron chi connectivity index (χ2n) is 5.50. The Bertz CT molecular complexity index is 924. The molecule has 0 spiro atoms. The molecule has 0 aliphatic rings. The molecule has 0 amide bonds. The van der Waals surface area contributed by atoms with Gasteiger partial charge in [0.2, 0.25) is 0 Å². The fourth-order valence-corrected chi connectivity index (χ4v) is 2.72. The van der Waals surface area contributed by atoms with Crippen LogP contribution in [-0.2, 0) is 6.61 Å². The Balaban J connectivity index is 1.99. The van der Waals surface area contributed by atoms with E-state index < -0.39 is 5.82 Å². The molecule has 0 unspecified atom stereocenters. The minimum Gasteiger partial charge on any atom is -0.493 e. The van der Waals surface area contributed by atoms with Gasteiger partial charge >= 0.3 is 0 Å². The number of aliphatic hydroxyl groups is 1. The molecule has 5 nitrogen and oxygen atoms in total. The van der Waals surface area contributed by atoms with Crippen molar-refractivity contribution in [3.05, 3.63) is 53.1 Å². The second kappa shape index (κ2) is 8.49.